The molecule has 0 saturated carbocycles. The monoisotopic (exact) mass is 306 g/mol. The molecule has 0 spiro atoms. The lowest BCUT2D eigenvalue weighted by molar-refractivity contribution is 0.318. The number of hydrogen-bond acceptors (Lipinski definition) is 2. The van der Waals surface area contributed by atoms with E-state index in [0.717, 1.165) is 18.4 Å². The van der Waals surface area contributed by atoms with E-state index in [1.807, 2.05) is 31.2 Å². The summed E-state index contributed by atoms with van der Waals surface area (Å²) >= 11 is 6.29. The second-order valence-corrected chi connectivity index (χ2v) is 6.25. The van der Waals surface area contributed by atoms with Crippen LogP contribution in [0.1, 0.15) is 57.8 Å². The number of para-hydroxylation sites is 1. The van der Waals surface area contributed by atoms with Gasteiger partial charge in [0.25, 0.3) is 5.56 Å². The summed E-state index contributed by atoms with van der Waals surface area (Å²) in [6, 6.07) is 7.57. The molecular weight excluding hydrogens is 284 g/mol. The van der Waals surface area contributed by atoms with Crippen molar-refractivity contribution in [1.29, 1.82) is 0 Å². The molecule has 0 aliphatic rings. The van der Waals surface area contributed by atoms with Crippen molar-refractivity contribution in [3.05, 3.63) is 40.4 Å². The van der Waals surface area contributed by atoms with Crippen LogP contribution in [-0.2, 0) is 0 Å². The minimum absolute atomic E-state index is 0.0162. The zero-order valence-corrected chi connectivity index (χ0v) is 13.9. The second-order valence-electron chi connectivity index (χ2n) is 5.60. The van der Waals surface area contributed by atoms with Gasteiger partial charge in [0.05, 0.1) is 16.3 Å². The van der Waals surface area contributed by atoms with Crippen LogP contribution in [0.25, 0.3) is 10.9 Å². The quantitative estimate of drug-likeness (QED) is 0.751. The average molecular weight is 307 g/mol. The van der Waals surface area contributed by atoms with Crippen LogP contribution in [0.5, 0.6) is 0 Å². The Hall–Kier alpha value is -1.35. The molecule has 1 heterocycles. The van der Waals surface area contributed by atoms with Gasteiger partial charge in [-0.2, -0.15) is 0 Å². The summed E-state index contributed by atoms with van der Waals surface area (Å²) in [4.78, 5) is 17.5. The average Bonchev–Trinajstić information content (AvgIpc) is 2.48. The Kier molecular flexibility index (Phi) is 5.04. The highest BCUT2D eigenvalue weighted by molar-refractivity contribution is 6.20. The first-order valence-corrected chi connectivity index (χ1v) is 8.10. The number of alkyl halides is 1. The van der Waals surface area contributed by atoms with Gasteiger partial charge in [-0.15, -0.1) is 11.6 Å². The molecule has 0 amide bonds. The number of nitrogens with zero attached hydrogens (tertiary/aromatic N) is 2. The van der Waals surface area contributed by atoms with E-state index in [2.05, 4.69) is 25.8 Å². The van der Waals surface area contributed by atoms with Crippen molar-refractivity contribution in [2.45, 2.75) is 52.0 Å². The van der Waals surface area contributed by atoms with Crippen LogP contribution in [0.2, 0.25) is 0 Å². The predicted octanol–water partition coefficient (Wildman–Crippen LogP) is 4.69. The predicted molar refractivity (Wildman–Crippen MR) is 89.1 cm³/mol. The van der Waals surface area contributed by atoms with Crippen molar-refractivity contribution in [1.82, 2.24) is 9.55 Å². The maximum Gasteiger partial charge on any atom is 0.261 e. The Balaban J connectivity index is 2.73. The number of rotatable bonds is 5. The van der Waals surface area contributed by atoms with Crippen LogP contribution in [0.15, 0.2) is 29.1 Å². The molecule has 0 N–H and O–H groups in total. The lowest BCUT2D eigenvalue weighted by Crippen LogP contribution is -2.31. The largest absolute Gasteiger partial charge is 0.292 e. The maximum atomic E-state index is 12.9. The molecule has 1 aromatic heterocycles. The summed E-state index contributed by atoms with van der Waals surface area (Å²) in [6.07, 6.45) is 2.07. The van der Waals surface area contributed by atoms with Crippen LogP contribution in [0, 0.1) is 5.92 Å². The van der Waals surface area contributed by atoms with E-state index in [4.69, 9.17) is 11.6 Å². The highest BCUT2D eigenvalue weighted by Gasteiger charge is 2.23. The van der Waals surface area contributed by atoms with Gasteiger partial charge >= 0.3 is 0 Å². The molecule has 114 valence electrons. The molecule has 0 fully saturated rings. The first kappa shape index (κ1) is 16.0. The van der Waals surface area contributed by atoms with Gasteiger partial charge in [0.1, 0.15) is 5.82 Å². The van der Waals surface area contributed by atoms with Gasteiger partial charge in [-0.3, -0.25) is 9.36 Å². The lowest BCUT2D eigenvalue weighted by atomic mass is 9.95. The lowest BCUT2D eigenvalue weighted by Gasteiger charge is -2.27. The molecule has 0 aliphatic heterocycles. The van der Waals surface area contributed by atoms with Crippen molar-refractivity contribution in [3.8, 4) is 0 Å². The Morgan fingerprint density at radius 1 is 1.19 bits per heavy atom. The molecular formula is C17H23ClN2O. The third kappa shape index (κ3) is 2.98. The Bertz CT molecular complexity index is 674. The molecule has 2 unspecified atom stereocenters. The van der Waals surface area contributed by atoms with Gasteiger partial charge in [-0.25, -0.2) is 4.98 Å². The number of aromatic nitrogens is 2. The van der Waals surface area contributed by atoms with Crippen LogP contribution in [-0.4, -0.2) is 9.55 Å². The molecule has 0 bridgehead atoms. The number of halogens is 1. The highest BCUT2D eigenvalue weighted by atomic mass is 35.5. The molecule has 2 aromatic rings. The summed E-state index contributed by atoms with van der Waals surface area (Å²) in [5.41, 5.74) is 0.737. The molecule has 1 aromatic carbocycles. The van der Waals surface area contributed by atoms with Crippen molar-refractivity contribution >= 4 is 22.5 Å². The van der Waals surface area contributed by atoms with E-state index >= 15 is 0 Å². The minimum Gasteiger partial charge on any atom is -0.292 e. The van der Waals surface area contributed by atoms with Gasteiger partial charge < -0.3 is 0 Å². The zero-order chi connectivity index (χ0) is 15.6. The molecule has 0 radical (unpaired) electrons. The normalized spacial score (nSPS) is 14.6. The van der Waals surface area contributed by atoms with Crippen LogP contribution in [0.4, 0.5) is 0 Å². The summed E-state index contributed by atoms with van der Waals surface area (Å²) in [7, 11) is 0. The van der Waals surface area contributed by atoms with E-state index in [1.54, 1.807) is 4.57 Å². The number of fused-ring (bicyclic) bond motifs is 1. The number of hydrogen-bond donors (Lipinski definition) is 0. The van der Waals surface area contributed by atoms with Gasteiger partial charge in [0.2, 0.25) is 0 Å². The Morgan fingerprint density at radius 2 is 1.81 bits per heavy atom. The number of benzene rings is 1. The molecule has 3 nitrogen and oxygen atoms in total. The van der Waals surface area contributed by atoms with Crippen molar-refractivity contribution in [2.75, 3.05) is 0 Å². The standard InChI is InChI=1S/C17H23ClN2O/c1-5-13(6-2)12(4)20-16(11(3)18)19-15-10-8-7-9-14(15)17(20)21/h7-13H,5-6H2,1-4H3. The first-order chi connectivity index (χ1) is 10.0. The molecule has 4 heteroatoms. The third-order valence-electron chi connectivity index (χ3n) is 4.33. The van der Waals surface area contributed by atoms with E-state index in [0.29, 0.717) is 17.1 Å². The highest BCUT2D eigenvalue weighted by Crippen LogP contribution is 2.28. The van der Waals surface area contributed by atoms with E-state index in [1.165, 1.54) is 0 Å². The zero-order valence-electron chi connectivity index (χ0n) is 13.1. The molecule has 21 heavy (non-hydrogen) atoms. The summed E-state index contributed by atoms with van der Waals surface area (Å²) in [6.45, 7) is 8.29. The fourth-order valence-corrected chi connectivity index (χ4v) is 3.17. The summed E-state index contributed by atoms with van der Waals surface area (Å²) in [5.74, 6) is 1.11. The fraction of sp³-hybridized carbons (Fsp3) is 0.529. The molecule has 0 aliphatic carbocycles. The van der Waals surface area contributed by atoms with Crippen molar-refractivity contribution in [3.63, 3.8) is 0 Å². The fourth-order valence-electron chi connectivity index (χ4n) is 3.02. The topological polar surface area (TPSA) is 34.9 Å². The van der Waals surface area contributed by atoms with E-state index < -0.39 is 0 Å². The molecule has 2 atom stereocenters. The van der Waals surface area contributed by atoms with Gasteiger partial charge in [-0.05, 0) is 31.9 Å². The van der Waals surface area contributed by atoms with E-state index in [9.17, 15) is 4.79 Å². The maximum absolute atomic E-state index is 12.9. The Labute approximate surface area is 131 Å². The SMILES string of the molecule is CCC(CC)C(C)n1c(C(C)Cl)nc2ccccc2c1=O. The first-order valence-electron chi connectivity index (χ1n) is 7.66. The van der Waals surface area contributed by atoms with Gasteiger partial charge in [0, 0.05) is 6.04 Å². The Morgan fingerprint density at radius 3 is 2.38 bits per heavy atom. The summed E-state index contributed by atoms with van der Waals surface area (Å²) in [5, 5.41) is 0.371. The smallest absolute Gasteiger partial charge is 0.261 e. The summed E-state index contributed by atoms with van der Waals surface area (Å²) < 4.78 is 1.80. The van der Waals surface area contributed by atoms with Gasteiger partial charge in [-0.1, -0.05) is 38.8 Å². The molecule has 0 saturated heterocycles. The van der Waals surface area contributed by atoms with Crippen LogP contribution >= 0.6 is 11.6 Å². The van der Waals surface area contributed by atoms with Crippen LogP contribution in [0.3, 0.4) is 0 Å². The molecule has 2 rings (SSSR count). The van der Waals surface area contributed by atoms with Gasteiger partial charge in [0.15, 0.2) is 0 Å². The second kappa shape index (κ2) is 6.61. The van der Waals surface area contributed by atoms with Crippen molar-refractivity contribution < 1.29 is 0 Å². The third-order valence-corrected chi connectivity index (χ3v) is 4.52. The van der Waals surface area contributed by atoms with Crippen molar-refractivity contribution in [2.24, 2.45) is 5.92 Å². The van der Waals surface area contributed by atoms with Crippen LogP contribution < -0.4 is 5.56 Å². The van der Waals surface area contributed by atoms with E-state index in [-0.39, 0.29) is 17.0 Å². The minimum atomic E-state index is -0.292.